The lowest BCUT2D eigenvalue weighted by Crippen LogP contribution is -2.19. The van der Waals surface area contributed by atoms with Crippen molar-refractivity contribution in [1.29, 1.82) is 0 Å². The third kappa shape index (κ3) is 7.31. The van der Waals surface area contributed by atoms with Crippen molar-refractivity contribution >= 4 is 5.71 Å². The number of alkyl halides is 3. The molecule has 0 rings (SSSR count). The van der Waals surface area contributed by atoms with E-state index in [2.05, 4.69) is 11.6 Å². The molecule has 13 heavy (non-hydrogen) atoms. The fourth-order valence-corrected chi connectivity index (χ4v) is 0.396. The number of aliphatic imine (C=N–C) groups is 1. The van der Waals surface area contributed by atoms with Crippen molar-refractivity contribution in [3.8, 4) is 0 Å². The predicted octanol–water partition coefficient (Wildman–Crippen LogP) is 3.74. The number of hydrogen-bond donors (Lipinski definition) is 0. The Hall–Kier alpha value is -1.06. The number of rotatable bonds is 2. The molecule has 0 N–H and O–H groups in total. The van der Waals surface area contributed by atoms with Crippen LogP contribution in [-0.2, 0) is 0 Å². The zero-order valence-electron chi connectivity index (χ0n) is 8.02. The summed E-state index contributed by atoms with van der Waals surface area (Å²) in [6.45, 7) is 8.58. The molecule has 0 bridgehead atoms. The van der Waals surface area contributed by atoms with Gasteiger partial charge in [0.15, 0.2) is 0 Å². The van der Waals surface area contributed by atoms with Gasteiger partial charge < -0.3 is 0 Å². The van der Waals surface area contributed by atoms with Gasteiger partial charge in [-0.3, -0.25) is 4.99 Å². The van der Waals surface area contributed by atoms with Gasteiger partial charge in [0.2, 0.25) is 0 Å². The standard InChI is InChI=1S/C7H8F3N.C2H6/c1-3-5-11-6(4-2)7(8,9)10;1-2/h3-5H,2H2,1H3;1-2H3/b5-3-,11-6?;. The van der Waals surface area contributed by atoms with Gasteiger partial charge in [0, 0.05) is 6.20 Å². The molecule has 0 amide bonds. The van der Waals surface area contributed by atoms with Crippen LogP contribution in [0.2, 0.25) is 0 Å². The minimum Gasteiger partial charge on any atom is -0.252 e. The molecule has 0 saturated carbocycles. The first-order valence-electron chi connectivity index (χ1n) is 3.91. The SMILES string of the molecule is C=CC(=N/C=C\C)C(F)(F)F.CC. The fraction of sp³-hybridized carbons (Fsp3) is 0.444. The van der Waals surface area contributed by atoms with Crippen molar-refractivity contribution in [2.24, 2.45) is 4.99 Å². The molecule has 0 saturated heterocycles. The van der Waals surface area contributed by atoms with Crippen LogP contribution >= 0.6 is 0 Å². The molecule has 4 heteroatoms. The van der Waals surface area contributed by atoms with E-state index in [1.165, 1.54) is 6.08 Å². The average Bonchev–Trinajstić information content (AvgIpc) is 2.07. The van der Waals surface area contributed by atoms with Gasteiger partial charge in [0.25, 0.3) is 0 Å². The molecule has 0 aliphatic rings. The Morgan fingerprint density at radius 2 is 1.77 bits per heavy atom. The molecule has 0 fully saturated rings. The Morgan fingerprint density at radius 3 is 2.00 bits per heavy atom. The molecular weight excluding hydrogens is 179 g/mol. The van der Waals surface area contributed by atoms with Crippen LogP contribution < -0.4 is 0 Å². The van der Waals surface area contributed by atoms with Gasteiger partial charge in [0.1, 0.15) is 5.71 Å². The largest absolute Gasteiger partial charge is 0.433 e. The molecule has 1 nitrogen and oxygen atoms in total. The Labute approximate surface area is 76.7 Å². The first-order chi connectivity index (χ1) is 6.02. The van der Waals surface area contributed by atoms with Gasteiger partial charge in [-0.2, -0.15) is 13.2 Å². The van der Waals surface area contributed by atoms with E-state index < -0.39 is 11.9 Å². The van der Waals surface area contributed by atoms with Crippen LogP contribution in [0.5, 0.6) is 0 Å². The summed E-state index contributed by atoms with van der Waals surface area (Å²) >= 11 is 0. The molecule has 76 valence electrons. The summed E-state index contributed by atoms with van der Waals surface area (Å²) in [7, 11) is 0. The van der Waals surface area contributed by atoms with Crippen LogP contribution in [0, 0.1) is 0 Å². The van der Waals surface area contributed by atoms with Crippen LogP contribution in [0.3, 0.4) is 0 Å². The average molecular weight is 193 g/mol. The normalized spacial score (nSPS) is 12.3. The van der Waals surface area contributed by atoms with E-state index in [1.807, 2.05) is 13.8 Å². The van der Waals surface area contributed by atoms with Crippen molar-refractivity contribution in [3.63, 3.8) is 0 Å². The summed E-state index contributed by atoms with van der Waals surface area (Å²) in [5, 5.41) is 0. The predicted molar refractivity (Wildman–Crippen MR) is 49.8 cm³/mol. The number of halogens is 3. The third-order valence-corrected chi connectivity index (χ3v) is 0.846. The van der Waals surface area contributed by atoms with Crippen LogP contribution in [0.1, 0.15) is 20.8 Å². The molecule has 0 radical (unpaired) electrons. The lowest BCUT2D eigenvalue weighted by molar-refractivity contribution is -0.0576. The van der Waals surface area contributed by atoms with Gasteiger partial charge in [-0.15, -0.1) is 0 Å². The van der Waals surface area contributed by atoms with Crippen molar-refractivity contribution in [2.45, 2.75) is 26.9 Å². The third-order valence-electron chi connectivity index (χ3n) is 0.846. The van der Waals surface area contributed by atoms with Crippen LogP contribution in [0.25, 0.3) is 0 Å². The molecule has 0 unspecified atom stereocenters. The van der Waals surface area contributed by atoms with E-state index in [0.29, 0.717) is 6.08 Å². The van der Waals surface area contributed by atoms with Crippen molar-refractivity contribution < 1.29 is 13.2 Å². The van der Waals surface area contributed by atoms with E-state index >= 15 is 0 Å². The molecule has 0 aromatic carbocycles. The van der Waals surface area contributed by atoms with Crippen LogP contribution in [-0.4, -0.2) is 11.9 Å². The number of nitrogens with zero attached hydrogens (tertiary/aromatic N) is 1. The number of allylic oxidation sites excluding steroid dienone is 2. The molecule has 0 heterocycles. The van der Waals surface area contributed by atoms with E-state index in [-0.39, 0.29) is 0 Å². The van der Waals surface area contributed by atoms with Gasteiger partial charge >= 0.3 is 6.18 Å². The minimum atomic E-state index is -4.40. The van der Waals surface area contributed by atoms with Crippen molar-refractivity contribution in [2.75, 3.05) is 0 Å². The van der Waals surface area contributed by atoms with Gasteiger partial charge in [-0.1, -0.05) is 26.5 Å². The summed E-state index contributed by atoms with van der Waals surface area (Å²) in [5.41, 5.74) is -0.976. The zero-order valence-corrected chi connectivity index (χ0v) is 8.02. The van der Waals surface area contributed by atoms with Crippen LogP contribution in [0.4, 0.5) is 13.2 Å². The maximum absolute atomic E-state index is 11.8. The summed E-state index contributed by atoms with van der Waals surface area (Å²) in [6, 6.07) is 0. The zero-order chi connectivity index (χ0) is 10.9. The maximum atomic E-state index is 11.8. The fourth-order valence-electron chi connectivity index (χ4n) is 0.396. The van der Waals surface area contributed by atoms with Crippen molar-refractivity contribution in [3.05, 3.63) is 24.9 Å². The Balaban J connectivity index is 0. The first-order valence-corrected chi connectivity index (χ1v) is 3.91. The van der Waals surface area contributed by atoms with E-state index in [9.17, 15) is 13.2 Å². The maximum Gasteiger partial charge on any atom is 0.433 e. The molecule has 0 aromatic rings. The summed E-state index contributed by atoms with van der Waals surface area (Å²) in [4.78, 5) is 3.12. The van der Waals surface area contributed by atoms with Gasteiger partial charge in [-0.25, -0.2) is 0 Å². The number of hydrogen-bond acceptors (Lipinski definition) is 1. The molecular formula is C9H14F3N. The van der Waals surface area contributed by atoms with Crippen LogP contribution in [0.15, 0.2) is 29.9 Å². The molecule has 0 atom stereocenters. The lowest BCUT2D eigenvalue weighted by atomic mass is 10.3. The Bertz CT molecular complexity index is 190. The summed E-state index contributed by atoms with van der Waals surface area (Å²) in [5.74, 6) is 0. The van der Waals surface area contributed by atoms with Gasteiger partial charge in [-0.05, 0) is 13.0 Å². The highest BCUT2D eigenvalue weighted by Gasteiger charge is 2.32. The second kappa shape index (κ2) is 7.58. The molecule has 0 aliphatic carbocycles. The molecule has 0 aliphatic heterocycles. The van der Waals surface area contributed by atoms with E-state index in [4.69, 9.17) is 0 Å². The summed E-state index contributed by atoms with van der Waals surface area (Å²) in [6.07, 6.45) is -1.24. The van der Waals surface area contributed by atoms with Gasteiger partial charge in [0.05, 0.1) is 0 Å². The Kier molecular flexibility index (Phi) is 8.44. The molecule has 0 aromatic heterocycles. The monoisotopic (exact) mass is 193 g/mol. The second-order valence-electron chi connectivity index (χ2n) is 1.70. The second-order valence-corrected chi connectivity index (χ2v) is 1.70. The highest BCUT2D eigenvalue weighted by molar-refractivity contribution is 5.99. The topological polar surface area (TPSA) is 12.4 Å². The highest BCUT2D eigenvalue weighted by atomic mass is 19.4. The smallest absolute Gasteiger partial charge is 0.252 e. The Morgan fingerprint density at radius 1 is 1.31 bits per heavy atom. The molecule has 0 spiro atoms. The van der Waals surface area contributed by atoms with E-state index in [1.54, 1.807) is 6.92 Å². The van der Waals surface area contributed by atoms with Crippen molar-refractivity contribution in [1.82, 2.24) is 0 Å². The summed E-state index contributed by atoms with van der Waals surface area (Å²) < 4.78 is 35.4. The highest BCUT2D eigenvalue weighted by Crippen LogP contribution is 2.17. The first kappa shape index (κ1) is 14.5. The lowest BCUT2D eigenvalue weighted by Gasteiger charge is -2.03. The van der Waals surface area contributed by atoms with E-state index in [0.717, 1.165) is 6.20 Å². The minimum absolute atomic E-state index is 0.681. The quantitative estimate of drug-likeness (QED) is 0.592.